The second kappa shape index (κ2) is 9.47. The van der Waals surface area contributed by atoms with E-state index in [0.717, 1.165) is 17.7 Å². The summed E-state index contributed by atoms with van der Waals surface area (Å²) in [4.78, 5) is 25.2. The minimum absolute atomic E-state index is 0.174. The molecule has 0 aliphatic rings. The minimum Gasteiger partial charge on any atom is -0.484 e. The number of hydrogen-bond donors (Lipinski definition) is 1. The number of rotatable bonds is 6. The highest BCUT2D eigenvalue weighted by Gasteiger charge is 2.14. The van der Waals surface area contributed by atoms with Gasteiger partial charge in [0.25, 0.3) is 5.91 Å². The smallest absolute Gasteiger partial charge is 0.262 e. The highest BCUT2D eigenvalue weighted by molar-refractivity contribution is 6.36. The molecule has 0 saturated carbocycles. The third-order valence-corrected chi connectivity index (χ3v) is 5.56. The van der Waals surface area contributed by atoms with Crippen LogP contribution < -0.4 is 15.5 Å². The highest BCUT2D eigenvalue weighted by Crippen LogP contribution is 2.30. The average Bonchev–Trinajstić information content (AvgIpc) is 2.79. The van der Waals surface area contributed by atoms with E-state index in [-0.39, 0.29) is 17.9 Å². The van der Waals surface area contributed by atoms with Crippen molar-refractivity contribution in [1.82, 2.24) is 0 Å². The maximum Gasteiger partial charge on any atom is 0.262 e. The average molecular weight is 468 g/mol. The molecule has 1 N–H and O–H groups in total. The first-order valence-corrected chi connectivity index (χ1v) is 10.7. The molecule has 0 aliphatic carbocycles. The second-order valence-electron chi connectivity index (χ2n) is 7.11. The zero-order valence-electron chi connectivity index (χ0n) is 17.2. The van der Waals surface area contributed by atoms with Gasteiger partial charge in [0.05, 0.1) is 16.0 Å². The first kappa shape index (κ1) is 21.9. The van der Waals surface area contributed by atoms with Crippen molar-refractivity contribution in [1.29, 1.82) is 0 Å². The van der Waals surface area contributed by atoms with Crippen molar-refractivity contribution in [3.63, 3.8) is 0 Å². The van der Waals surface area contributed by atoms with Crippen LogP contribution in [0.1, 0.15) is 12.5 Å². The Morgan fingerprint density at radius 1 is 1.03 bits per heavy atom. The van der Waals surface area contributed by atoms with Gasteiger partial charge in [-0.15, -0.1) is 0 Å². The van der Waals surface area contributed by atoms with E-state index < -0.39 is 0 Å². The minimum atomic E-state index is -0.278. The number of fused-ring (bicyclic) bond motifs is 1. The summed E-state index contributed by atoms with van der Waals surface area (Å²) in [5.74, 6) is 0.136. The number of amides is 1. The van der Waals surface area contributed by atoms with Crippen molar-refractivity contribution < 1.29 is 13.9 Å². The van der Waals surface area contributed by atoms with Crippen molar-refractivity contribution in [3.8, 4) is 16.9 Å². The van der Waals surface area contributed by atoms with Gasteiger partial charge in [-0.1, -0.05) is 54.4 Å². The number of para-hydroxylation sites is 1. The summed E-state index contributed by atoms with van der Waals surface area (Å²) in [6, 6.07) is 17.3. The van der Waals surface area contributed by atoms with Crippen LogP contribution >= 0.6 is 23.2 Å². The topological polar surface area (TPSA) is 68.5 Å². The fraction of sp³-hybridized carbons (Fsp3) is 0.120. The van der Waals surface area contributed by atoms with Crippen LogP contribution in [0, 0.1) is 0 Å². The maximum atomic E-state index is 13.0. The molecule has 4 rings (SSSR count). The van der Waals surface area contributed by atoms with E-state index in [1.54, 1.807) is 36.4 Å². The van der Waals surface area contributed by atoms with E-state index in [9.17, 15) is 9.59 Å². The van der Waals surface area contributed by atoms with Crippen molar-refractivity contribution in [3.05, 3.63) is 92.8 Å². The molecule has 32 heavy (non-hydrogen) atoms. The summed E-state index contributed by atoms with van der Waals surface area (Å²) in [7, 11) is 0. The molecule has 0 saturated heterocycles. The van der Waals surface area contributed by atoms with E-state index >= 15 is 0 Å². The van der Waals surface area contributed by atoms with Crippen LogP contribution in [-0.2, 0) is 11.2 Å². The number of halogens is 2. The second-order valence-corrected chi connectivity index (χ2v) is 7.95. The summed E-state index contributed by atoms with van der Waals surface area (Å²) < 4.78 is 11.3. The van der Waals surface area contributed by atoms with Gasteiger partial charge in [-0.3, -0.25) is 9.59 Å². The van der Waals surface area contributed by atoms with E-state index in [1.165, 1.54) is 6.26 Å². The summed E-state index contributed by atoms with van der Waals surface area (Å²) in [5, 5.41) is 4.07. The molecule has 0 fully saturated rings. The van der Waals surface area contributed by atoms with Crippen LogP contribution in [0.5, 0.6) is 5.75 Å². The molecule has 4 aromatic rings. The predicted molar refractivity (Wildman–Crippen MR) is 128 cm³/mol. The molecule has 5 nitrogen and oxygen atoms in total. The number of benzene rings is 3. The Kier molecular flexibility index (Phi) is 6.49. The molecule has 3 aromatic carbocycles. The molecule has 1 aromatic heterocycles. The van der Waals surface area contributed by atoms with Crippen molar-refractivity contribution in [2.24, 2.45) is 0 Å². The molecule has 0 spiro atoms. The first-order valence-electron chi connectivity index (χ1n) is 9.98. The molecule has 0 radical (unpaired) electrons. The Morgan fingerprint density at radius 2 is 1.84 bits per heavy atom. The number of ether oxygens (including phenoxy) is 1. The molecular formula is C25H19Cl2NO4. The summed E-state index contributed by atoms with van der Waals surface area (Å²) in [6.45, 7) is 1.85. The van der Waals surface area contributed by atoms with Gasteiger partial charge >= 0.3 is 0 Å². The quantitative estimate of drug-likeness (QED) is 0.358. The fourth-order valence-corrected chi connectivity index (χ4v) is 3.89. The lowest BCUT2D eigenvalue weighted by Gasteiger charge is -2.11. The standard InChI is InChI=1S/C25H19Cl2NO4/c1-2-15-5-3-4-6-22(15)28-24(29)14-31-17-8-10-19-23(12-17)32-13-20(25(19)30)18-9-7-16(26)11-21(18)27/h3-13H,2,14H2,1H3,(H,28,29). The van der Waals surface area contributed by atoms with Crippen molar-refractivity contribution in [2.75, 3.05) is 11.9 Å². The van der Waals surface area contributed by atoms with Crippen LogP contribution in [0.2, 0.25) is 10.0 Å². The Labute approximate surface area is 194 Å². The van der Waals surface area contributed by atoms with Gasteiger partial charge in [-0.05, 0) is 42.3 Å². The number of carbonyl (C=O) groups is 1. The van der Waals surface area contributed by atoms with Crippen LogP contribution in [0.15, 0.2) is 76.1 Å². The number of nitrogens with one attached hydrogen (secondary N) is 1. The zero-order valence-corrected chi connectivity index (χ0v) is 18.7. The fourth-order valence-electron chi connectivity index (χ4n) is 3.38. The lowest BCUT2D eigenvalue weighted by molar-refractivity contribution is -0.118. The molecule has 1 amide bonds. The van der Waals surface area contributed by atoms with Crippen LogP contribution in [0.25, 0.3) is 22.1 Å². The molecule has 0 atom stereocenters. The highest BCUT2D eigenvalue weighted by atomic mass is 35.5. The van der Waals surface area contributed by atoms with Gasteiger partial charge < -0.3 is 14.5 Å². The Hall–Kier alpha value is -3.28. The number of aryl methyl sites for hydroxylation is 1. The van der Waals surface area contributed by atoms with Gasteiger partial charge in [0.15, 0.2) is 6.61 Å². The summed E-state index contributed by atoms with van der Waals surface area (Å²) in [6.07, 6.45) is 2.17. The van der Waals surface area contributed by atoms with Crippen LogP contribution in [0.4, 0.5) is 5.69 Å². The number of carbonyl (C=O) groups excluding carboxylic acids is 1. The SMILES string of the molecule is CCc1ccccc1NC(=O)COc1ccc2c(=O)c(-c3ccc(Cl)cc3Cl)coc2c1. The number of anilines is 1. The van der Waals surface area contributed by atoms with Crippen LogP contribution in [0.3, 0.4) is 0 Å². The number of hydrogen-bond acceptors (Lipinski definition) is 4. The Morgan fingerprint density at radius 3 is 2.62 bits per heavy atom. The third kappa shape index (κ3) is 4.64. The predicted octanol–water partition coefficient (Wildman–Crippen LogP) is 6.35. The summed E-state index contributed by atoms with van der Waals surface area (Å²) in [5.41, 5.74) is 2.80. The Balaban J connectivity index is 1.52. The lowest BCUT2D eigenvalue weighted by atomic mass is 10.1. The normalized spacial score (nSPS) is 10.8. The summed E-state index contributed by atoms with van der Waals surface area (Å²) >= 11 is 12.2. The monoisotopic (exact) mass is 467 g/mol. The van der Waals surface area contributed by atoms with Gasteiger partial charge in [0, 0.05) is 22.3 Å². The molecular weight excluding hydrogens is 449 g/mol. The molecule has 1 heterocycles. The van der Waals surface area contributed by atoms with E-state index in [2.05, 4.69) is 5.32 Å². The van der Waals surface area contributed by atoms with E-state index in [0.29, 0.717) is 37.9 Å². The molecule has 162 valence electrons. The Bertz CT molecular complexity index is 1360. The molecule has 7 heteroatoms. The molecule has 0 bridgehead atoms. The van der Waals surface area contributed by atoms with Gasteiger partial charge in [-0.2, -0.15) is 0 Å². The van der Waals surface area contributed by atoms with E-state index in [1.807, 2.05) is 31.2 Å². The van der Waals surface area contributed by atoms with Crippen molar-refractivity contribution in [2.45, 2.75) is 13.3 Å². The molecule has 0 aliphatic heterocycles. The van der Waals surface area contributed by atoms with Crippen LogP contribution in [-0.4, -0.2) is 12.5 Å². The van der Waals surface area contributed by atoms with E-state index in [4.69, 9.17) is 32.4 Å². The van der Waals surface area contributed by atoms with Crippen molar-refractivity contribution >= 4 is 45.8 Å². The lowest BCUT2D eigenvalue weighted by Crippen LogP contribution is -2.20. The third-order valence-electron chi connectivity index (χ3n) is 5.01. The zero-order chi connectivity index (χ0) is 22.7. The maximum absolute atomic E-state index is 13.0. The molecule has 0 unspecified atom stereocenters. The van der Waals surface area contributed by atoms with Gasteiger partial charge in [0.2, 0.25) is 5.43 Å². The largest absolute Gasteiger partial charge is 0.484 e. The first-order chi connectivity index (χ1) is 15.5. The van der Waals surface area contributed by atoms with Gasteiger partial charge in [0.1, 0.15) is 17.6 Å². The van der Waals surface area contributed by atoms with Gasteiger partial charge in [-0.25, -0.2) is 0 Å².